The lowest BCUT2D eigenvalue weighted by Crippen LogP contribution is -2.42. The summed E-state index contributed by atoms with van der Waals surface area (Å²) in [7, 11) is 1.55. The zero-order chi connectivity index (χ0) is 11.5. The topological polar surface area (TPSA) is 38.3 Å². The number of ether oxygens (including phenoxy) is 1. The number of methoxy groups -OCH3 is 1. The molecule has 1 aromatic rings. The van der Waals surface area contributed by atoms with Gasteiger partial charge in [0.25, 0.3) is 0 Å². The van der Waals surface area contributed by atoms with Crippen molar-refractivity contribution in [3.63, 3.8) is 0 Å². The second-order valence-corrected chi connectivity index (χ2v) is 4.41. The molecule has 0 aromatic heterocycles. The number of Topliss-reactive ketones (excluding diaryl/α,β-unsaturated/α-hetero) is 1. The minimum absolute atomic E-state index is 0.154. The molecule has 0 amide bonds. The summed E-state index contributed by atoms with van der Waals surface area (Å²) in [6.45, 7) is 1.88. The van der Waals surface area contributed by atoms with Crippen molar-refractivity contribution in [3.8, 4) is 5.75 Å². The highest BCUT2D eigenvalue weighted by Gasteiger charge is 2.21. The molecule has 0 atom stereocenters. The van der Waals surface area contributed by atoms with E-state index in [0.29, 0.717) is 28.7 Å². The number of nitrogens with one attached hydrogen (secondary N) is 1. The lowest BCUT2D eigenvalue weighted by atomic mass is 9.94. The van der Waals surface area contributed by atoms with Crippen molar-refractivity contribution in [1.29, 1.82) is 0 Å². The fraction of sp³-hybridized carbons (Fsp3) is 0.417. The van der Waals surface area contributed by atoms with Crippen LogP contribution in [0, 0.1) is 5.92 Å². The molecule has 1 aromatic carbocycles. The normalized spacial score (nSPS) is 15.6. The van der Waals surface area contributed by atoms with Gasteiger partial charge in [0.2, 0.25) is 0 Å². The zero-order valence-corrected chi connectivity index (χ0v) is 9.88. The lowest BCUT2D eigenvalue weighted by Gasteiger charge is -2.26. The van der Waals surface area contributed by atoms with E-state index >= 15 is 0 Å². The van der Waals surface area contributed by atoms with E-state index in [2.05, 4.69) is 5.32 Å². The molecule has 1 N–H and O–H groups in total. The third-order valence-electron chi connectivity index (χ3n) is 2.81. The van der Waals surface area contributed by atoms with E-state index in [9.17, 15) is 4.79 Å². The van der Waals surface area contributed by atoms with Crippen LogP contribution in [-0.4, -0.2) is 26.0 Å². The van der Waals surface area contributed by atoms with Crippen molar-refractivity contribution in [2.75, 3.05) is 20.2 Å². The molecule has 1 fully saturated rings. The first-order chi connectivity index (χ1) is 7.70. The number of hydrogen-bond donors (Lipinski definition) is 1. The maximum atomic E-state index is 11.9. The standard InChI is InChI=1S/C12H14ClNO2/c1-16-12-5-9(2-3-10(12)13)11(15)4-8-6-14-7-8/h2-3,5,8,14H,4,6-7H2,1H3. The number of rotatable bonds is 4. The van der Waals surface area contributed by atoms with Crippen LogP contribution in [0.25, 0.3) is 0 Å². The molecule has 0 radical (unpaired) electrons. The minimum atomic E-state index is 0.154. The van der Waals surface area contributed by atoms with Crippen LogP contribution in [0.4, 0.5) is 0 Å². The smallest absolute Gasteiger partial charge is 0.163 e. The number of hydrogen-bond acceptors (Lipinski definition) is 3. The van der Waals surface area contributed by atoms with Gasteiger partial charge in [0.05, 0.1) is 12.1 Å². The van der Waals surface area contributed by atoms with Gasteiger partial charge in [-0.05, 0) is 37.2 Å². The van der Waals surface area contributed by atoms with E-state index in [-0.39, 0.29) is 5.78 Å². The van der Waals surface area contributed by atoms with Crippen molar-refractivity contribution in [3.05, 3.63) is 28.8 Å². The van der Waals surface area contributed by atoms with Gasteiger partial charge in [-0.1, -0.05) is 11.6 Å². The summed E-state index contributed by atoms with van der Waals surface area (Å²) >= 11 is 5.90. The van der Waals surface area contributed by atoms with Crippen molar-refractivity contribution in [2.24, 2.45) is 5.92 Å². The molecule has 0 spiro atoms. The highest BCUT2D eigenvalue weighted by Crippen LogP contribution is 2.26. The van der Waals surface area contributed by atoms with E-state index in [0.717, 1.165) is 13.1 Å². The molecule has 4 heteroatoms. The Morgan fingerprint density at radius 2 is 2.31 bits per heavy atom. The summed E-state index contributed by atoms with van der Waals surface area (Å²) in [6.07, 6.45) is 0.595. The quantitative estimate of drug-likeness (QED) is 0.819. The predicted molar refractivity (Wildman–Crippen MR) is 63.3 cm³/mol. The Hall–Kier alpha value is -1.06. The molecular formula is C12H14ClNO2. The second-order valence-electron chi connectivity index (χ2n) is 4.00. The van der Waals surface area contributed by atoms with Crippen molar-refractivity contribution >= 4 is 17.4 Å². The summed E-state index contributed by atoms with van der Waals surface area (Å²) in [5.74, 6) is 1.19. The molecule has 2 rings (SSSR count). The summed E-state index contributed by atoms with van der Waals surface area (Å²) in [5, 5.41) is 3.68. The van der Waals surface area contributed by atoms with Crippen molar-refractivity contribution in [2.45, 2.75) is 6.42 Å². The van der Waals surface area contributed by atoms with E-state index < -0.39 is 0 Å². The molecule has 1 aliphatic rings. The van der Waals surface area contributed by atoms with Gasteiger partial charge in [0.15, 0.2) is 5.78 Å². The molecule has 0 saturated carbocycles. The Morgan fingerprint density at radius 1 is 1.56 bits per heavy atom. The summed E-state index contributed by atoms with van der Waals surface area (Å²) in [5.41, 5.74) is 0.674. The monoisotopic (exact) mass is 239 g/mol. The molecule has 86 valence electrons. The molecule has 3 nitrogen and oxygen atoms in total. The van der Waals surface area contributed by atoms with Gasteiger partial charge in [-0.2, -0.15) is 0 Å². The van der Waals surface area contributed by atoms with Crippen LogP contribution in [-0.2, 0) is 0 Å². The highest BCUT2D eigenvalue weighted by molar-refractivity contribution is 6.32. The number of benzene rings is 1. The maximum Gasteiger partial charge on any atom is 0.163 e. The van der Waals surface area contributed by atoms with Crippen LogP contribution in [0.15, 0.2) is 18.2 Å². The first kappa shape index (κ1) is 11.4. The van der Waals surface area contributed by atoms with Gasteiger partial charge in [0, 0.05) is 12.0 Å². The lowest BCUT2D eigenvalue weighted by molar-refractivity contribution is 0.0945. The SMILES string of the molecule is COc1cc(C(=O)CC2CNC2)ccc1Cl. The Kier molecular flexibility index (Phi) is 3.46. The Labute approximate surface area is 99.7 Å². The van der Waals surface area contributed by atoms with E-state index in [1.54, 1.807) is 25.3 Å². The highest BCUT2D eigenvalue weighted by atomic mass is 35.5. The first-order valence-corrected chi connectivity index (χ1v) is 5.66. The zero-order valence-electron chi connectivity index (χ0n) is 9.13. The fourth-order valence-corrected chi connectivity index (χ4v) is 1.90. The van der Waals surface area contributed by atoms with Crippen molar-refractivity contribution in [1.82, 2.24) is 5.32 Å². The van der Waals surface area contributed by atoms with E-state index in [1.165, 1.54) is 0 Å². The van der Waals surface area contributed by atoms with Crippen LogP contribution in [0.1, 0.15) is 16.8 Å². The van der Waals surface area contributed by atoms with Gasteiger partial charge < -0.3 is 10.1 Å². The fourth-order valence-electron chi connectivity index (χ4n) is 1.71. The predicted octanol–water partition coefficient (Wildman–Crippen LogP) is 2.14. The summed E-state index contributed by atoms with van der Waals surface area (Å²) < 4.78 is 5.08. The number of ketones is 1. The van der Waals surface area contributed by atoms with Crippen molar-refractivity contribution < 1.29 is 9.53 Å². The summed E-state index contributed by atoms with van der Waals surface area (Å²) in [4.78, 5) is 11.9. The Bertz CT molecular complexity index is 402. The molecule has 1 heterocycles. The molecule has 0 bridgehead atoms. The number of halogens is 1. The van der Waals surface area contributed by atoms with Gasteiger partial charge in [-0.3, -0.25) is 4.79 Å². The van der Waals surface area contributed by atoms with Crippen LogP contribution in [0.2, 0.25) is 5.02 Å². The Morgan fingerprint density at radius 3 is 2.88 bits per heavy atom. The van der Waals surface area contributed by atoms with Gasteiger partial charge in [0.1, 0.15) is 5.75 Å². The van der Waals surface area contributed by atoms with Gasteiger partial charge in [-0.25, -0.2) is 0 Å². The molecular weight excluding hydrogens is 226 g/mol. The largest absolute Gasteiger partial charge is 0.495 e. The van der Waals surface area contributed by atoms with Crippen LogP contribution >= 0.6 is 11.6 Å². The second kappa shape index (κ2) is 4.85. The van der Waals surface area contributed by atoms with Crippen LogP contribution < -0.4 is 10.1 Å². The number of carbonyl (C=O) groups is 1. The number of carbonyl (C=O) groups excluding carboxylic acids is 1. The molecule has 0 unspecified atom stereocenters. The average Bonchev–Trinajstić information content (AvgIpc) is 2.24. The summed E-state index contributed by atoms with van der Waals surface area (Å²) in [6, 6.07) is 5.16. The van der Waals surface area contributed by atoms with Gasteiger partial charge >= 0.3 is 0 Å². The Balaban J connectivity index is 2.09. The molecule has 16 heavy (non-hydrogen) atoms. The van der Waals surface area contributed by atoms with Gasteiger partial charge in [-0.15, -0.1) is 0 Å². The van der Waals surface area contributed by atoms with E-state index in [4.69, 9.17) is 16.3 Å². The third-order valence-corrected chi connectivity index (χ3v) is 3.13. The minimum Gasteiger partial charge on any atom is -0.495 e. The van der Waals surface area contributed by atoms with E-state index in [1.807, 2.05) is 0 Å². The van der Waals surface area contributed by atoms with Crippen LogP contribution in [0.5, 0.6) is 5.75 Å². The molecule has 1 aliphatic heterocycles. The first-order valence-electron chi connectivity index (χ1n) is 5.28. The van der Waals surface area contributed by atoms with Crippen LogP contribution in [0.3, 0.4) is 0 Å². The average molecular weight is 240 g/mol. The maximum absolute atomic E-state index is 11.9. The molecule has 0 aliphatic carbocycles. The third kappa shape index (κ3) is 2.36. The molecule has 1 saturated heterocycles.